The van der Waals surface area contributed by atoms with Crippen molar-refractivity contribution in [3.8, 4) is 0 Å². The van der Waals surface area contributed by atoms with Gasteiger partial charge in [0.1, 0.15) is 6.04 Å². The highest BCUT2D eigenvalue weighted by atomic mass is 32.2. The van der Waals surface area contributed by atoms with Gasteiger partial charge in [-0.1, -0.05) is 13.0 Å². The van der Waals surface area contributed by atoms with E-state index in [2.05, 4.69) is 0 Å². The summed E-state index contributed by atoms with van der Waals surface area (Å²) in [5.41, 5.74) is 1.89. The number of aryl methyl sites for hydroxylation is 2. The molecule has 1 aliphatic rings. The number of benzene rings is 1. The minimum Gasteiger partial charge on any atom is -0.480 e. The number of piperidine rings is 1. The first-order chi connectivity index (χ1) is 9.73. The second-order valence-corrected chi connectivity index (χ2v) is 7.74. The number of carboxylic acid groups (broad SMARTS) is 1. The Morgan fingerprint density at radius 1 is 1.29 bits per heavy atom. The van der Waals surface area contributed by atoms with E-state index >= 15 is 0 Å². The predicted octanol–water partition coefficient (Wildman–Crippen LogP) is 2.18. The Bertz CT molecular complexity index is 654. The molecule has 6 heteroatoms. The van der Waals surface area contributed by atoms with Gasteiger partial charge in [-0.15, -0.1) is 0 Å². The lowest BCUT2D eigenvalue weighted by atomic mass is 9.94. The van der Waals surface area contributed by atoms with Crippen molar-refractivity contribution in [1.82, 2.24) is 4.31 Å². The van der Waals surface area contributed by atoms with Crippen LogP contribution in [0, 0.1) is 19.8 Å². The molecule has 21 heavy (non-hydrogen) atoms. The van der Waals surface area contributed by atoms with Gasteiger partial charge in [-0.05, 0) is 55.9 Å². The SMILES string of the molecule is Cc1ccc(S(=O)(=O)N2CCC(C)CC2C(=O)O)cc1C. The molecule has 0 radical (unpaired) electrons. The fraction of sp³-hybridized carbons (Fsp3) is 0.533. The summed E-state index contributed by atoms with van der Waals surface area (Å²) < 4.78 is 26.6. The van der Waals surface area contributed by atoms with Crippen LogP contribution in [0.5, 0.6) is 0 Å². The Hall–Kier alpha value is -1.40. The van der Waals surface area contributed by atoms with Gasteiger partial charge in [0.15, 0.2) is 0 Å². The number of carboxylic acids is 1. The highest BCUT2D eigenvalue weighted by Crippen LogP contribution is 2.29. The number of nitrogens with zero attached hydrogens (tertiary/aromatic N) is 1. The molecule has 0 bridgehead atoms. The maximum absolute atomic E-state index is 12.7. The molecule has 1 heterocycles. The summed E-state index contributed by atoms with van der Waals surface area (Å²) in [6.45, 7) is 5.97. The monoisotopic (exact) mass is 311 g/mol. The Morgan fingerprint density at radius 2 is 1.95 bits per heavy atom. The largest absolute Gasteiger partial charge is 0.480 e. The fourth-order valence-electron chi connectivity index (χ4n) is 2.64. The first-order valence-corrected chi connectivity index (χ1v) is 8.49. The number of sulfonamides is 1. The molecule has 0 aromatic heterocycles. The molecule has 1 aromatic carbocycles. The zero-order chi connectivity index (χ0) is 15.8. The normalized spacial score (nSPS) is 24.0. The molecule has 1 N–H and O–H groups in total. The van der Waals surface area contributed by atoms with Gasteiger partial charge < -0.3 is 5.11 Å². The average molecular weight is 311 g/mol. The molecule has 0 aliphatic carbocycles. The highest BCUT2D eigenvalue weighted by molar-refractivity contribution is 7.89. The Balaban J connectivity index is 2.41. The van der Waals surface area contributed by atoms with Crippen molar-refractivity contribution in [2.75, 3.05) is 6.54 Å². The number of carbonyl (C=O) groups is 1. The predicted molar refractivity (Wildman–Crippen MR) is 79.6 cm³/mol. The Labute approximate surface area is 125 Å². The van der Waals surface area contributed by atoms with Crippen molar-refractivity contribution in [2.24, 2.45) is 5.92 Å². The van der Waals surface area contributed by atoms with E-state index in [-0.39, 0.29) is 17.4 Å². The van der Waals surface area contributed by atoms with E-state index < -0.39 is 22.0 Å². The van der Waals surface area contributed by atoms with Crippen LogP contribution in [-0.4, -0.2) is 36.4 Å². The van der Waals surface area contributed by atoms with Gasteiger partial charge in [0.05, 0.1) is 4.90 Å². The number of aliphatic carboxylic acids is 1. The second kappa shape index (κ2) is 5.77. The van der Waals surface area contributed by atoms with Crippen molar-refractivity contribution in [3.63, 3.8) is 0 Å². The smallest absolute Gasteiger partial charge is 0.322 e. The third kappa shape index (κ3) is 3.11. The van der Waals surface area contributed by atoms with E-state index in [1.807, 2.05) is 20.8 Å². The zero-order valence-corrected chi connectivity index (χ0v) is 13.4. The maximum Gasteiger partial charge on any atom is 0.322 e. The van der Waals surface area contributed by atoms with Crippen LogP contribution in [-0.2, 0) is 14.8 Å². The van der Waals surface area contributed by atoms with E-state index in [4.69, 9.17) is 0 Å². The van der Waals surface area contributed by atoms with Crippen LogP contribution in [0.1, 0.15) is 30.9 Å². The van der Waals surface area contributed by atoms with Gasteiger partial charge in [-0.3, -0.25) is 4.79 Å². The fourth-order valence-corrected chi connectivity index (χ4v) is 4.33. The number of hydrogen-bond donors (Lipinski definition) is 1. The van der Waals surface area contributed by atoms with Gasteiger partial charge in [0.25, 0.3) is 0 Å². The summed E-state index contributed by atoms with van der Waals surface area (Å²) in [4.78, 5) is 11.6. The lowest BCUT2D eigenvalue weighted by Crippen LogP contribution is -2.49. The molecule has 5 nitrogen and oxygen atoms in total. The molecule has 0 amide bonds. The van der Waals surface area contributed by atoms with Crippen LogP contribution >= 0.6 is 0 Å². The van der Waals surface area contributed by atoms with E-state index in [1.165, 1.54) is 0 Å². The average Bonchev–Trinajstić information content (AvgIpc) is 2.41. The molecule has 2 unspecified atom stereocenters. The molecule has 2 atom stereocenters. The van der Waals surface area contributed by atoms with Crippen LogP contribution in [0.3, 0.4) is 0 Å². The van der Waals surface area contributed by atoms with E-state index in [1.54, 1.807) is 18.2 Å². The van der Waals surface area contributed by atoms with E-state index in [0.717, 1.165) is 15.4 Å². The lowest BCUT2D eigenvalue weighted by molar-refractivity contribution is -0.143. The minimum absolute atomic E-state index is 0.173. The first kappa shape index (κ1) is 16.0. The van der Waals surface area contributed by atoms with Crippen LogP contribution in [0.4, 0.5) is 0 Å². The molecule has 1 saturated heterocycles. The van der Waals surface area contributed by atoms with Gasteiger partial charge >= 0.3 is 5.97 Å². The van der Waals surface area contributed by atoms with Crippen molar-refractivity contribution >= 4 is 16.0 Å². The van der Waals surface area contributed by atoms with E-state index in [0.29, 0.717) is 12.8 Å². The third-order valence-electron chi connectivity index (χ3n) is 4.19. The maximum atomic E-state index is 12.7. The molecule has 1 aliphatic heterocycles. The van der Waals surface area contributed by atoms with Crippen LogP contribution in [0.2, 0.25) is 0 Å². The molecule has 1 aromatic rings. The summed E-state index contributed by atoms with van der Waals surface area (Å²) in [6.07, 6.45) is 1.05. The van der Waals surface area contributed by atoms with Crippen molar-refractivity contribution in [1.29, 1.82) is 0 Å². The summed E-state index contributed by atoms with van der Waals surface area (Å²) >= 11 is 0. The molecule has 2 rings (SSSR count). The summed E-state index contributed by atoms with van der Waals surface area (Å²) in [7, 11) is -3.77. The van der Waals surface area contributed by atoms with Crippen LogP contribution in [0.25, 0.3) is 0 Å². The molecule has 0 saturated carbocycles. The first-order valence-electron chi connectivity index (χ1n) is 7.05. The summed E-state index contributed by atoms with van der Waals surface area (Å²) in [5.74, 6) is -0.855. The molecular weight excluding hydrogens is 290 g/mol. The minimum atomic E-state index is -3.77. The second-order valence-electron chi connectivity index (χ2n) is 5.85. The topological polar surface area (TPSA) is 74.7 Å². The molecule has 116 valence electrons. The summed E-state index contributed by atoms with van der Waals surface area (Å²) in [5, 5.41) is 9.33. The van der Waals surface area contributed by atoms with Crippen molar-refractivity contribution in [3.05, 3.63) is 29.3 Å². The van der Waals surface area contributed by atoms with Gasteiger partial charge in [0, 0.05) is 6.54 Å². The van der Waals surface area contributed by atoms with Crippen molar-refractivity contribution < 1.29 is 18.3 Å². The van der Waals surface area contributed by atoms with Gasteiger partial charge in [-0.25, -0.2) is 8.42 Å². The van der Waals surface area contributed by atoms with Crippen LogP contribution < -0.4 is 0 Å². The summed E-state index contributed by atoms with van der Waals surface area (Å²) in [6, 6.07) is 3.95. The third-order valence-corrected chi connectivity index (χ3v) is 6.09. The lowest BCUT2D eigenvalue weighted by Gasteiger charge is -2.35. The number of rotatable bonds is 3. The molecule has 0 spiro atoms. The quantitative estimate of drug-likeness (QED) is 0.928. The number of hydrogen-bond acceptors (Lipinski definition) is 3. The van der Waals surface area contributed by atoms with E-state index in [9.17, 15) is 18.3 Å². The Morgan fingerprint density at radius 3 is 2.52 bits per heavy atom. The molecule has 1 fully saturated rings. The standard InChI is InChI=1S/C15H21NO4S/c1-10-6-7-16(14(8-10)15(17)18)21(19,20)13-5-4-11(2)12(3)9-13/h4-5,9-10,14H,6-8H2,1-3H3,(H,17,18). The van der Waals surface area contributed by atoms with Crippen molar-refractivity contribution in [2.45, 2.75) is 44.6 Å². The Kier molecular flexibility index (Phi) is 4.39. The molecular formula is C15H21NO4S. The zero-order valence-electron chi connectivity index (χ0n) is 12.5. The van der Waals surface area contributed by atoms with Crippen LogP contribution in [0.15, 0.2) is 23.1 Å². The van der Waals surface area contributed by atoms with Gasteiger partial charge in [0.2, 0.25) is 10.0 Å². The van der Waals surface area contributed by atoms with Gasteiger partial charge in [-0.2, -0.15) is 4.31 Å². The highest BCUT2D eigenvalue weighted by Gasteiger charge is 2.39.